The summed E-state index contributed by atoms with van der Waals surface area (Å²) in [6.07, 6.45) is 0.988. The van der Waals surface area contributed by atoms with Crippen molar-refractivity contribution in [1.29, 1.82) is 0 Å². The molecule has 3 rings (SSSR count). The minimum Gasteiger partial charge on any atom is -0.361 e. The zero-order valence-corrected chi connectivity index (χ0v) is 15.2. The summed E-state index contributed by atoms with van der Waals surface area (Å²) in [5, 5.41) is 6.86. The van der Waals surface area contributed by atoms with Gasteiger partial charge in [-0.2, -0.15) is 0 Å². The summed E-state index contributed by atoms with van der Waals surface area (Å²) in [6.45, 7) is 8.53. The summed E-state index contributed by atoms with van der Waals surface area (Å²) in [6, 6.07) is 8.45. The van der Waals surface area contributed by atoms with Gasteiger partial charge in [-0.1, -0.05) is 17.3 Å². The zero-order chi connectivity index (χ0) is 18.0. The topological polar surface area (TPSA) is 73.0 Å². The Labute approximate surface area is 147 Å². The van der Waals surface area contributed by atoms with Crippen molar-refractivity contribution in [3.63, 3.8) is 0 Å². The van der Waals surface area contributed by atoms with E-state index in [0.717, 1.165) is 28.1 Å². The molecule has 6 nitrogen and oxygen atoms in total. The Hall–Kier alpha value is -2.63. The van der Waals surface area contributed by atoms with Crippen LogP contribution in [0.5, 0.6) is 0 Å². The number of carbonyl (C=O) groups is 1. The van der Waals surface area contributed by atoms with Gasteiger partial charge in [0.15, 0.2) is 0 Å². The van der Waals surface area contributed by atoms with E-state index < -0.39 is 0 Å². The summed E-state index contributed by atoms with van der Waals surface area (Å²) in [5.41, 5.74) is 3.77. The second kappa shape index (κ2) is 7.09. The summed E-state index contributed by atoms with van der Waals surface area (Å²) in [7, 11) is 0. The Morgan fingerprint density at radius 1 is 1.28 bits per heavy atom. The molecule has 0 saturated heterocycles. The Morgan fingerprint density at radius 2 is 2.04 bits per heavy atom. The van der Waals surface area contributed by atoms with Crippen LogP contribution < -0.4 is 5.32 Å². The molecule has 25 heavy (non-hydrogen) atoms. The standard InChI is InChI=1S/C19H24N4O2/c1-12(2)23-17-8-6-5-7-16(17)21-18(23)9-10-20-19(24)11-15-13(3)22-25-14(15)4/h5-8,12H,9-11H2,1-4H3,(H,20,24). The van der Waals surface area contributed by atoms with Gasteiger partial charge < -0.3 is 14.4 Å². The van der Waals surface area contributed by atoms with Crippen LogP contribution in [0.1, 0.15) is 42.7 Å². The van der Waals surface area contributed by atoms with E-state index in [-0.39, 0.29) is 5.91 Å². The number of benzene rings is 1. The number of aromatic nitrogens is 3. The predicted molar refractivity (Wildman–Crippen MR) is 96.5 cm³/mol. The van der Waals surface area contributed by atoms with Crippen molar-refractivity contribution in [1.82, 2.24) is 20.0 Å². The highest BCUT2D eigenvalue weighted by Crippen LogP contribution is 2.21. The first-order chi connectivity index (χ1) is 12.0. The van der Waals surface area contributed by atoms with Crippen LogP contribution in [0.3, 0.4) is 0 Å². The second-order valence-corrected chi connectivity index (χ2v) is 6.56. The lowest BCUT2D eigenvalue weighted by molar-refractivity contribution is -0.120. The van der Waals surface area contributed by atoms with E-state index in [4.69, 9.17) is 9.51 Å². The number of fused-ring (bicyclic) bond motifs is 1. The average molecular weight is 340 g/mol. The molecule has 0 spiro atoms. The lowest BCUT2D eigenvalue weighted by Gasteiger charge is -2.13. The van der Waals surface area contributed by atoms with Crippen LogP contribution in [-0.2, 0) is 17.6 Å². The van der Waals surface area contributed by atoms with Crippen LogP contribution in [0.2, 0.25) is 0 Å². The van der Waals surface area contributed by atoms with Crippen LogP contribution in [-0.4, -0.2) is 27.2 Å². The summed E-state index contributed by atoms with van der Waals surface area (Å²) in [5.74, 6) is 1.67. The quantitative estimate of drug-likeness (QED) is 0.748. The third-order valence-corrected chi connectivity index (χ3v) is 4.37. The highest BCUT2D eigenvalue weighted by atomic mass is 16.5. The van der Waals surface area contributed by atoms with Crippen LogP contribution >= 0.6 is 0 Å². The maximum atomic E-state index is 12.2. The number of nitrogens with one attached hydrogen (secondary N) is 1. The molecule has 1 N–H and O–H groups in total. The number of amides is 1. The third kappa shape index (κ3) is 3.57. The van der Waals surface area contributed by atoms with Crippen LogP contribution in [0.4, 0.5) is 0 Å². The molecule has 132 valence electrons. The molecule has 6 heteroatoms. The first-order valence-corrected chi connectivity index (χ1v) is 8.61. The highest BCUT2D eigenvalue weighted by Gasteiger charge is 2.15. The van der Waals surface area contributed by atoms with Crippen molar-refractivity contribution in [3.05, 3.63) is 47.1 Å². The molecule has 0 aliphatic rings. The van der Waals surface area contributed by atoms with Gasteiger partial charge in [0.05, 0.1) is 23.1 Å². The van der Waals surface area contributed by atoms with Crippen LogP contribution in [0.25, 0.3) is 11.0 Å². The predicted octanol–water partition coefficient (Wildman–Crippen LogP) is 3.12. The molecule has 2 heterocycles. The molecule has 0 unspecified atom stereocenters. The van der Waals surface area contributed by atoms with E-state index in [9.17, 15) is 4.79 Å². The van der Waals surface area contributed by atoms with Crippen molar-refractivity contribution >= 4 is 16.9 Å². The lowest BCUT2D eigenvalue weighted by atomic mass is 10.1. The fourth-order valence-electron chi connectivity index (χ4n) is 3.14. The number of rotatable bonds is 6. The first-order valence-electron chi connectivity index (χ1n) is 8.61. The zero-order valence-electron chi connectivity index (χ0n) is 15.2. The molecule has 0 atom stereocenters. The first kappa shape index (κ1) is 17.2. The SMILES string of the molecule is Cc1noc(C)c1CC(=O)NCCc1nc2ccccc2n1C(C)C. The maximum absolute atomic E-state index is 12.2. The number of hydrogen-bond acceptors (Lipinski definition) is 4. The highest BCUT2D eigenvalue weighted by molar-refractivity contribution is 5.79. The second-order valence-electron chi connectivity index (χ2n) is 6.56. The van der Waals surface area contributed by atoms with Crippen molar-refractivity contribution in [2.75, 3.05) is 6.54 Å². The van der Waals surface area contributed by atoms with E-state index in [1.54, 1.807) is 0 Å². The summed E-state index contributed by atoms with van der Waals surface area (Å²) in [4.78, 5) is 16.9. The molecule has 3 aromatic rings. The minimum absolute atomic E-state index is 0.0263. The number of hydrogen-bond donors (Lipinski definition) is 1. The minimum atomic E-state index is -0.0263. The normalized spacial score (nSPS) is 11.4. The van der Waals surface area contributed by atoms with Gasteiger partial charge in [-0.05, 0) is 39.8 Å². The van der Waals surface area contributed by atoms with Gasteiger partial charge in [-0.15, -0.1) is 0 Å². The largest absolute Gasteiger partial charge is 0.361 e. The maximum Gasteiger partial charge on any atom is 0.224 e. The molecule has 0 saturated carbocycles. The number of imidazole rings is 1. The summed E-state index contributed by atoms with van der Waals surface area (Å²) < 4.78 is 7.33. The number of nitrogens with zero attached hydrogens (tertiary/aromatic N) is 3. The molecule has 0 radical (unpaired) electrons. The van der Waals surface area contributed by atoms with E-state index in [2.05, 4.69) is 35.0 Å². The Morgan fingerprint density at radius 3 is 2.72 bits per heavy atom. The number of para-hydroxylation sites is 2. The number of aryl methyl sites for hydroxylation is 2. The van der Waals surface area contributed by atoms with Crippen molar-refractivity contribution < 1.29 is 9.32 Å². The van der Waals surface area contributed by atoms with Crippen LogP contribution in [0.15, 0.2) is 28.8 Å². The molecule has 2 aromatic heterocycles. The van der Waals surface area contributed by atoms with Gasteiger partial charge in [-0.25, -0.2) is 4.98 Å². The van der Waals surface area contributed by atoms with E-state index in [1.165, 1.54) is 0 Å². The Bertz CT molecular complexity index is 873. The van der Waals surface area contributed by atoms with Gasteiger partial charge >= 0.3 is 0 Å². The smallest absolute Gasteiger partial charge is 0.224 e. The van der Waals surface area contributed by atoms with Crippen molar-refractivity contribution in [3.8, 4) is 0 Å². The van der Waals surface area contributed by atoms with E-state index in [1.807, 2.05) is 32.0 Å². The average Bonchev–Trinajstić information content (AvgIpc) is 3.09. The molecule has 0 bridgehead atoms. The molecular formula is C19H24N4O2. The van der Waals surface area contributed by atoms with Gasteiger partial charge in [0.2, 0.25) is 5.91 Å². The monoisotopic (exact) mass is 340 g/mol. The molecule has 1 amide bonds. The van der Waals surface area contributed by atoms with Gasteiger partial charge in [0, 0.05) is 24.6 Å². The lowest BCUT2D eigenvalue weighted by Crippen LogP contribution is -2.28. The number of carbonyl (C=O) groups excluding carboxylic acids is 1. The fourth-order valence-corrected chi connectivity index (χ4v) is 3.14. The van der Waals surface area contributed by atoms with E-state index in [0.29, 0.717) is 31.2 Å². The fraction of sp³-hybridized carbons (Fsp3) is 0.421. The van der Waals surface area contributed by atoms with Crippen LogP contribution in [0, 0.1) is 13.8 Å². The van der Waals surface area contributed by atoms with Gasteiger partial charge in [-0.3, -0.25) is 4.79 Å². The molecular weight excluding hydrogens is 316 g/mol. The molecule has 0 fully saturated rings. The van der Waals surface area contributed by atoms with Gasteiger partial charge in [0.1, 0.15) is 11.6 Å². The summed E-state index contributed by atoms with van der Waals surface area (Å²) >= 11 is 0. The third-order valence-electron chi connectivity index (χ3n) is 4.37. The van der Waals surface area contributed by atoms with Gasteiger partial charge in [0.25, 0.3) is 0 Å². The molecule has 0 aliphatic carbocycles. The van der Waals surface area contributed by atoms with Crippen molar-refractivity contribution in [2.24, 2.45) is 0 Å². The van der Waals surface area contributed by atoms with E-state index >= 15 is 0 Å². The Balaban J connectivity index is 1.65. The molecule has 0 aliphatic heterocycles. The Kier molecular flexibility index (Phi) is 4.88. The van der Waals surface area contributed by atoms with Crippen molar-refractivity contribution in [2.45, 2.75) is 46.6 Å². The molecule has 1 aromatic carbocycles.